The second kappa shape index (κ2) is 4.14. The van der Waals surface area contributed by atoms with E-state index >= 15 is 0 Å². The van der Waals surface area contributed by atoms with Crippen molar-refractivity contribution in [2.24, 2.45) is 17.0 Å². The van der Waals surface area contributed by atoms with Crippen molar-refractivity contribution in [3.8, 4) is 0 Å². The van der Waals surface area contributed by atoms with Gasteiger partial charge in [0.2, 0.25) is 0 Å². The van der Waals surface area contributed by atoms with Gasteiger partial charge < -0.3 is 0 Å². The predicted molar refractivity (Wildman–Crippen MR) is 39.4 cm³/mol. The Hall–Kier alpha value is -0.730. The molecule has 0 saturated heterocycles. The summed E-state index contributed by atoms with van der Waals surface area (Å²) in [5, 5.41) is 2.35. The smallest absolute Gasteiger partial charge is 0.269 e. The lowest BCUT2D eigenvalue weighted by Gasteiger charge is -2.06. The van der Waals surface area contributed by atoms with Crippen molar-refractivity contribution in [2.75, 3.05) is 0 Å². The third kappa shape index (κ3) is 3.33. The number of amides is 1. The van der Waals surface area contributed by atoms with Gasteiger partial charge in [0.05, 0.1) is 0 Å². The third-order valence-electron chi connectivity index (χ3n) is 1.34. The van der Waals surface area contributed by atoms with Crippen molar-refractivity contribution in [1.29, 1.82) is 0 Å². The van der Waals surface area contributed by atoms with E-state index in [1.54, 1.807) is 6.92 Å². The molecule has 1 unspecified atom stereocenters. The summed E-state index contributed by atoms with van der Waals surface area (Å²) in [5.74, 6) is -0.299. The first-order valence-electron chi connectivity index (χ1n) is 3.45. The molecule has 0 heterocycles. The molecular formula is C7H13NO2. The van der Waals surface area contributed by atoms with Gasteiger partial charge in [-0.1, -0.05) is 20.8 Å². The molecule has 0 aromatic rings. The summed E-state index contributed by atoms with van der Waals surface area (Å²) in [7, 11) is 0. The molecule has 3 nitrogen and oxygen atoms in total. The van der Waals surface area contributed by atoms with Crippen LogP contribution in [0.1, 0.15) is 27.2 Å². The lowest BCUT2D eigenvalue weighted by molar-refractivity contribution is -0.121. The summed E-state index contributed by atoms with van der Waals surface area (Å²) in [4.78, 5) is 20.3. The number of nitrogens with zero attached hydrogens (tertiary/aromatic N) is 1. The molecular weight excluding hydrogens is 130 g/mol. The number of rotatable bonds is 3. The Morgan fingerprint density at radius 1 is 1.40 bits per heavy atom. The van der Waals surface area contributed by atoms with Gasteiger partial charge in [-0.2, -0.15) is 0 Å². The number of carbonyl (C=O) groups is 1. The minimum Gasteiger partial charge on any atom is -0.269 e. The molecule has 0 radical (unpaired) electrons. The van der Waals surface area contributed by atoms with Crippen molar-refractivity contribution in [1.82, 2.24) is 0 Å². The molecule has 0 aromatic carbocycles. The fourth-order valence-electron chi connectivity index (χ4n) is 0.898. The Labute approximate surface area is 60.8 Å². The van der Waals surface area contributed by atoms with Crippen molar-refractivity contribution >= 4 is 5.91 Å². The average molecular weight is 143 g/mol. The number of hydrogen-bond donors (Lipinski definition) is 0. The number of hydrogen-bond acceptors (Lipinski definition) is 2. The maximum absolute atomic E-state index is 10.6. The van der Waals surface area contributed by atoms with Gasteiger partial charge in [0.25, 0.3) is 5.91 Å². The van der Waals surface area contributed by atoms with Crippen LogP contribution in [0.15, 0.2) is 5.18 Å². The summed E-state index contributed by atoms with van der Waals surface area (Å²) in [6, 6.07) is 0. The Bertz CT molecular complexity index is 132. The Morgan fingerprint density at radius 2 is 1.90 bits per heavy atom. The van der Waals surface area contributed by atoms with E-state index in [1.807, 2.05) is 13.8 Å². The molecule has 0 bridgehead atoms. The first-order chi connectivity index (χ1) is 4.57. The average Bonchev–Trinajstić information content (AvgIpc) is 1.85. The van der Waals surface area contributed by atoms with Gasteiger partial charge in [-0.05, 0) is 12.3 Å². The van der Waals surface area contributed by atoms with Crippen molar-refractivity contribution in [3.63, 3.8) is 0 Å². The normalized spacial score (nSPS) is 13.2. The van der Waals surface area contributed by atoms with E-state index < -0.39 is 5.91 Å². The quantitative estimate of drug-likeness (QED) is 0.567. The minimum atomic E-state index is -0.534. The molecule has 0 aliphatic heterocycles. The zero-order valence-corrected chi connectivity index (χ0v) is 6.63. The summed E-state index contributed by atoms with van der Waals surface area (Å²) in [6.45, 7) is 5.74. The molecule has 58 valence electrons. The highest BCUT2D eigenvalue weighted by molar-refractivity contribution is 5.78. The zero-order chi connectivity index (χ0) is 8.15. The molecule has 10 heavy (non-hydrogen) atoms. The second-order valence-corrected chi connectivity index (χ2v) is 2.96. The zero-order valence-electron chi connectivity index (χ0n) is 6.63. The van der Waals surface area contributed by atoms with E-state index in [0.29, 0.717) is 5.92 Å². The minimum absolute atomic E-state index is 0.211. The van der Waals surface area contributed by atoms with Crippen molar-refractivity contribution in [3.05, 3.63) is 4.91 Å². The van der Waals surface area contributed by atoms with E-state index in [1.165, 1.54) is 0 Å². The van der Waals surface area contributed by atoms with Gasteiger partial charge in [-0.25, -0.2) is 0 Å². The Balaban J connectivity index is 3.72. The highest BCUT2D eigenvalue weighted by Crippen LogP contribution is 2.11. The molecule has 3 heteroatoms. The van der Waals surface area contributed by atoms with Crippen LogP contribution in [0.5, 0.6) is 0 Å². The third-order valence-corrected chi connectivity index (χ3v) is 1.34. The van der Waals surface area contributed by atoms with Gasteiger partial charge in [-0.15, -0.1) is 4.91 Å². The van der Waals surface area contributed by atoms with Gasteiger partial charge in [0.1, 0.15) is 0 Å². The standard InChI is InChI=1S/C7H13NO2/c1-5(2)4-6(3)7(9)8-10/h5-6H,4H2,1-3H3. The molecule has 1 amide bonds. The fourth-order valence-corrected chi connectivity index (χ4v) is 0.898. The van der Waals surface area contributed by atoms with E-state index in [9.17, 15) is 9.70 Å². The van der Waals surface area contributed by atoms with Crippen LogP contribution in [0.3, 0.4) is 0 Å². The summed E-state index contributed by atoms with van der Waals surface area (Å²) in [6.07, 6.45) is 0.741. The molecule has 1 atom stereocenters. The van der Waals surface area contributed by atoms with Crippen LogP contribution in [0.2, 0.25) is 0 Å². The summed E-state index contributed by atoms with van der Waals surface area (Å²) < 4.78 is 0. The van der Waals surface area contributed by atoms with Crippen LogP contribution in [-0.4, -0.2) is 5.91 Å². The first kappa shape index (κ1) is 9.27. The lowest BCUT2D eigenvalue weighted by Crippen LogP contribution is -2.09. The van der Waals surface area contributed by atoms with Crippen molar-refractivity contribution in [2.45, 2.75) is 27.2 Å². The Kier molecular flexibility index (Phi) is 3.84. The van der Waals surface area contributed by atoms with Crippen LogP contribution in [0.25, 0.3) is 0 Å². The molecule has 0 N–H and O–H groups in total. The molecule has 0 aliphatic carbocycles. The largest absolute Gasteiger partial charge is 0.289 e. The van der Waals surface area contributed by atoms with E-state index in [4.69, 9.17) is 0 Å². The van der Waals surface area contributed by atoms with Gasteiger partial charge in [0.15, 0.2) is 0 Å². The Morgan fingerprint density at radius 3 is 2.20 bits per heavy atom. The summed E-state index contributed by atoms with van der Waals surface area (Å²) in [5.41, 5.74) is 0. The van der Waals surface area contributed by atoms with Crippen LogP contribution < -0.4 is 0 Å². The van der Waals surface area contributed by atoms with Gasteiger partial charge in [-0.3, -0.25) is 4.79 Å². The summed E-state index contributed by atoms with van der Waals surface area (Å²) >= 11 is 0. The van der Waals surface area contributed by atoms with Crippen LogP contribution in [-0.2, 0) is 4.79 Å². The van der Waals surface area contributed by atoms with Crippen LogP contribution >= 0.6 is 0 Å². The first-order valence-corrected chi connectivity index (χ1v) is 3.45. The van der Waals surface area contributed by atoms with Crippen molar-refractivity contribution < 1.29 is 4.79 Å². The van der Waals surface area contributed by atoms with Crippen LogP contribution in [0, 0.1) is 16.7 Å². The maximum Gasteiger partial charge on any atom is 0.289 e. The molecule has 0 saturated carbocycles. The van der Waals surface area contributed by atoms with E-state index in [-0.39, 0.29) is 5.92 Å². The molecule has 0 aromatic heterocycles. The molecule has 0 fully saturated rings. The fraction of sp³-hybridized carbons (Fsp3) is 0.857. The predicted octanol–water partition coefficient (Wildman–Crippen LogP) is 1.96. The maximum atomic E-state index is 10.6. The number of nitroso groups, excluding NO2 is 1. The van der Waals surface area contributed by atoms with Crippen LogP contribution in [0.4, 0.5) is 0 Å². The molecule has 0 rings (SSSR count). The monoisotopic (exact) mass is 143 g/mol. The SMILES string of the molecule is CC(C)CC(C)C(=O)N=O. The van der Waals surface area contributed by atoms with Gasteiger partial charge >= 0.3 is 0 Å². The highest BCUT2D eigenvalue weighted by atomic mass is 16.3. The van der Waals surface area contributed by atoms with E-state index in [0.717, 1.165) is 6.42 Å². The topological polar surface area (TPSA) is 46.5 Å². The second-order valence-electron chi connectivity index (χ2n) is 2.96. The lowest BCUT2D eigenvalue weighted by atomic mass is 9.99. The highest BCUT2D eigenvalue weighted by Gasteiger charge is 2.13. The van der Waals surface area contributed by atoms with E-state index in [2.05, 4.69) is 5.18 Å². The van der Waals surface area contributed by atoms with Gasteiger partial charge in [0, 0.05) is 11.1 Å². The molecule has 0 aliphatic rings. The molecule has 0 spiro atoms. The number of carbonyl (C=O) groups excluding carboxylic acids is 1.